The number of aliphatic hydroxyl groups excluding tert-OH is 1. The Morgan fingerprint density at radius 2 is 1.09 bits per heavy atom. The van der Waals surface area contributed by atoms with Gasteiger partial charge in [0.15, 0.2) is 0 Å². The van der Waals surface area contributed by atoms with Gasteiger partial charge in [-0.25, -0.2) is 0 Å². The van der Waals surface area contributed by atoms with Crippen molar-refractivity contribution in [3.63, 3.8) is 0 Å². The molecule has 0 rings (SSSR count). The van der Waals surface area contributed by atoms with Crippen LogP contribution in [0.4, 0.5) is 0 Å². The zero-order valence-corrected chi connectivity index (χ0v) is 17.1. The Morgan fingerprint density at radius 3 is 1.32 bits per heavy atom. The van der Waals surface area contributed by atoms with Crippen molar-refractivity contribution in [2.75, 3.05) is 6.61 Å². The van der Waals surface area contributed by atoms with E-state index in [-0.39, 0.29) is 29.6 Å². The molecular formula is C14H31NaO6S. The first kappa shape index (κ1) is 30.2. The van der Waals surface area contributed by atoms with Crippen molar-refractivity contribution in [1.82, 2.24) is 0 Å². The fourth-order valence-corrected chi connectivity index (χ4v) is 1.60. The number of aliphatic carboxylic acids is 1. The molecule has 0 aromatic heterocycles. The molecule has 0 aromatic rings. The predicted molar refractivity (Wildman–Crippen MR) is 83.6 cm³/mol. The van der Waals surface area contributed by atoms with Crippen molar-refractivity contribution in [1.29, 1.82) is 0 Å². The number of carboxylic acids is 1. The molecule has 130 valence electrons. The first-order valence-corrected chi connectivity index (χ1v) is 8.50. The van der Waals surface area contributed by atoms with Gasteiger partial charge < -0.3 is 23.2 Å². The van der Waals surface area contributed by atoms with Crippen LogP contribution in [-0.4, -0.2) is 27.3 Å². The fraction of sp³-hybridized carbons (Fsp3) is 0.929. The summed E-state index contributed by atoms with van der Waals surface area (Å²) >= 11 is 0. The van der Waals surface area contributed by atoms with Gasteiger partial charge in [0.2, 0.25) is 0 Å². The normalized spacial score (nSPS) is 8.95. The molecule has 0 aromatic carbocycles. The molecule has 0 amide bonds. The van der Waals surface area contributed by atoms with Crippen LogP contribution in [0.5, 0.6) is 0 Å². The van der Waals surface area contributed by atoms with E-state index in [1.807, 2.05) is 0 Å². The minimum absolute atomic E-state index is 0. The van der Waals surface area contributed by atoms with Crippen molar-refractivity contribution >= 4 is 17.0 Å². The standard InChI is InChI=1S/C12H26O.C2H4O2.Na.HO3S/c1-2-3-4-5-6-7-8-9-10-11-12-13;1-2(3)4;;1-4(2)3/h13H,2-12H2,1H3;1H3,(H,3,4);;(H,1,2,3)/q;;+1;-1. The molecule has 0 unspecified atom stereocenters. The maximum absolute atomic E-state index is 9.00. The first-order valence-electron chi connectivity index (χ1n) is 7.47. The average molecular weight is 350 g/mol. The monoisotopic (exact) mass is 350 g/mol. The topological polar surface area (TPSA) is 112 Å². The summed E-state index contributed by atoms with van der Waals surface area (Å²) in [5.74, 6) is -0.833. The van der Waals surface area contributed by atoms with E-state index in [0.29, 0.717) is 6.61 Å². The molecule has 8 heteroatoms. The van der Waals surface area contributed by atoms with Crippen LogP contribution in [-0.2, 0) is 24.2 Å². The summed E-state index contributed by atoms with van der Waals surface area (Å²) in [7, 11) is -2.86. The average Bonchev–Trinajstić information content (AvgIpc) is 2.35. The van der Waals surface area contributed by atoms with E-state index in [2.05, 4.69) is 6.92 Å². The van der Waals surface area contributed by atoms with Crippen LogP contribution in [0.15, 0.2) is 0 Å². The summed E-state index contributed by atoms with van der Waals surface area (Å²) in [6.07, 6.45) is 13.3. The van der Waals surface area contributed by atoms with Crippen LogP contribution in [0.1, 0.15) is 78.1 Å². The van der Waals surface area contributed by atoms with E-state index in [4.69, 9.17) is 28.0 Å². The van der Waals surface area contributed by atoms with E-state index >= 15 is 0 Å². The van der Waals surface area contributed by atoms with Gasteiger partial charge in [-0.1, -0.05) is 64.7 Å². The van der Waals surface area contributed by atoms with Gasteiger partial charge in [-0.2, -0.15) is 0 Å². The molecule has 0 saturated carbocycles. The van der Waals surface area contributed by atoms with Crippen molar-refractivity contribution in [3.8, 4) is 0 Å². The predicted octanol–water partition coefficient (Wildman–Crippen LogP) is 0.763. The third-order valence-corrected chi connectivity index (χ3v) is 2.51. The van der Waals surface area contributed by atoms with Gasteiger partial charge in [-0.3, -0.25) is 4.79 Å². The zero-order chi connectivity index (χ0) is 16.9. The summed E-state index contributed by atoms with van der Waals surface area (Å²) in [4.78, 5) is 9.00. The van der Waals surface area contributed by atoms with Crippen molar-refractivity contribution in [2.24, 2.45) is 0 Å². The molecule has 0 heterocycles. The van der Waals surface area contributed by atoms with Gasteiger partial charge >= 0.3 is 29.6 Å². The largest absolute Gasteiger partial charge is 1.00 e. The Bertz CT molecular complexity index is 250. The summed E-state index contributed by atoms with van der Waals surface area (Å²) in [6.45, 7) is 3.71. The smallest absolute Gasteiger partial charge is 0.481 e. The Labute approximate surface area is 158 Å². The molecule has 0 atom stereocenters. The minimum Gasteiger partial charge on any atom is -0.481 e. The van der Waals surface area contributed by atoms with Gasteiger partial charge in [0, 0.05) is 24.5 Å². The Morgan fingerprint density at radius 1 is 0.864 bits per heavy atom. The maximum Gasteiger partial charge on any atom is 1.00 e. The van der Waals surface area contributed by atoms with E-state index in [0.717, 1.165) is 13.3 Å². The number of carboxylic acid groups (broad SMARTS) is 1. The van der Waals surface area contributed by atoms with E-state index in [9.17, 15) is 0 Å². The van der Waals surface area contributed by atoms with Gasteiger partial charge in [-0.15, -0.1) is 0 Å². The molecule has 22 heavy (non-hydrogen) atoms. The quantitative estimate of drug-likeness (QED) is 0.176. The Hall–Kier alpha value is 0.340. The number of hydrogen-bond acceptors (Lipinski definition) is 5. The summed E-state index contributed by atoms with van der Waals surface area (Å²) < 4.78 is 24.1. The van der Waals surface area contributed by atoms with Gasteiger partial charge in [0.25, 0.3) is 5.97 Å². The molecule has 0 saturated heterocycles. The van der Waals surface area contributed by atoms with Gasteiger partial charge in [0.05, 0.1) is 0 Å². The van der Waals surface area contributed by atoms with E-state index < -0.39 is 17.0 Å². The summed E-state index contributed by atoms with van der Waals surface area (Å²) in [5, 5.41) is 16.0. The third-order valence-electron chi connectivity index (χ3n) is 2.51. The molecular weight excluding hydrogens is 319 g/mol. The molecule has 0 bridgehead atoms. The molecule has 0 fully saturated rings. The fourth-order valence-electron chi connectivity index (χ4n) is 1.60. The van der Waals surface area contributed by atoms with Crippen LogP contribution < -0.4 is 29.6 Å². The second-order valence-electron chi connectivity index (χ2n) is 4.64. The number of unbranched alkanes of at least 4 members (excludes halogenated alkanes) is 9. The van der Waals surface area contributed by atoms with Gasteiger partial charge in [-0.05, 0) is 6.42 Å². The Balaban J connectivity index is -0.000000150. The van der Waals surface area contributed by atoms with Crippen LogP contribution in [0.25, 0.3) is 0 Å². The first-order chi connectivity index (χ1) is 9.88. The molecule has 0 aliphatic heterocycles. The van der Waals surface area contributed by atoms with Crippen LogP contribution in [0.2, 0.25) is 0 Å². The van der Waals surface area contributed by atoms with Crippen molar-refractivity contribution in [3.05, 3.63) is 0 Å². The minimum atomic E-state index is -2.86. The van der Waals surface area contributed by atoms with Crippen LogP contribution >= 0.6 is 0 Å². The molecule has 6 nitrogen and oxygen atoms in total. The molecule has 0 aliphatic rings. The second-order valence-corrected chi connectivity index (χ2v) is 5.08. The molecule has 0 aliphatic carbocycles. The van der Waals surface area contributed by atoms with Crippen molar-refractivity contribution < 1.29 is 57.5 Å². The molecule has 0 radical (unpaired) electrons. The third kappa shape index (κ3) is 71.2. The molecule has 0 spiro atoms. The number of rotatable bonds is 10. The number of carbonyl (C=O) groups is 1. The molecule has 3 N–H and O–H groups in total. The van der Waals surface area contributed by atoms with E-state index in [1.165, 1.54) is 57.8 Å². The number of hydrogen-bond donors (Lipinski definition) is 3. The van der Waals surface area contributed by atoms with Crippen LogP contribution in [0.3, 0.4) is 0 Å². The SMILES string of the molecule is CC(=O)O.CCCCCCCCCCCCO.O=[S-](=O)O.[Na+]. The summed E-state index contributed by atoms with van der Waals surface area (Å²) in [5.41, 5.74) is 0. The van der Waals surface area contributed by atoms with Gasteiger partial charge in [0.1, 0.15) is 0 Å². The second kappa shape index (κ2) is 29.4. The van der Waals surface area contributed by atoms with E-state index in [1.54, 1.807) is 0 Å². The summed E-state index contributed by atoms with van der Waals surface area (Å²) in [6, 6.07) is 0. The number of aliphatic hydroxyl groups is 1. The zero-order valence-electron chi connectivity index (χ0n) is 14.3. The van der Waals surface area contributed by atoms with Crippen LogP contribution in [0, 0.1) is 0 Å². The Kier molecular flexibility index (Phi) is 40.4. The maximum atomic E-state index is 9.00. The van der Waals surface area contributed by atoms with Crippen molar-refractivity contribution in [2.45, 2.75) is 78.1 Å².